The molecule has 244 valence electrons. The van der Waals surface area contributed by atoms with Crippen molar-refractivity contribution >= 4 is 41.7 Å². The number of amides is 4. The van der Waals surface area contributed by atoms with Crippen LogP contribution >= 0.6 is 0 Å². The Hall–Kier alpha value is -6.33. The van der Waals surface area contributed by atoms with Crippen molar-refractivity contribution in [3.05, 3.63) is 66.7 Å². The summed E-state index contributed by atoms with van der Waals surface area (Å²) in [5.74, 6) is 0.478. The van der Waals surface area contributed by atoms with Crippen LogP contribution in [0.5, 0.6) is 5.75 Å². The first kappa shape index (κ1) is 33.6. The van der Waals surface area contributed by atoms with E-state index >= 15 is 0 Å². The normalized spacial score (nSPS) is 11.4. The van der Waals surface area contributed by atoms with Crippen LogP contribution in [0.4, 0.5) is 36.5 Å². The first-order valence-electron chi connectivity index (χ1n) is 13.6. The molecule has 0 aliphatic carbocycles. The molecule has 0 fully saturated rings. The number of nitrogens with zero attached hydrogens (tertiary/aromatic N) is 7. The summed E-state index contributed by atoms with van der Waals surface area (Å²) in [5, 5.41) is 40.7. The zero-order valence-corrected chi connectivity index (χ0v) is 25.9. The van der Waals surface area contributed by atoms with Gasteiger partial charge in [0.25, 0.3) is 0 Å². The lowest BCUT2D eigenvalue weighted by Gasteiger charge is -2.30. The van der Waals surface area contributed by atoms with E-state index in [1.54, 1.807) is 54.6 Å². The monoisotopic (exact) mass is 648 g/mol. The molecule has 3 aromatic heterocycles. The highest BCUT2D eigenvalue weighted by molar-refractivity contribution is 5.79. The predicted molar refractivity (Wildman–Crippen MR) is 168 cm³/mol. The van der Waals surface area contributed by atoms with Gasteiger partial charge in [-0.05, 0) is 68.8 Å². The van der Waals surface area contributed by atoms with E-state index in [-0.39, 0.29) is 34.4 Å². The van der Waals surface area contributed by atoms with Crippen molar-refractivity contribution in [2.75, 3.05) is 51.1 Å². The average molecular weight is 649 g/mol. The lowest BCUT2D eigenvalue weighted by molar-refractivity contribution is -0.771. The summed E-state index contributed by atoms with van der Waals surface area (Å²) in [6.07, 6.45) is -6.60. The van der Waals surface area contributed by atoms with E-state index in [1.807, 2.05) is 0 Å². The number of anilines is 3. The van der Waals surface area contributed by atoms with Gasteiger partial charge in [0.05, 0.1) is 49.7 Å². The van der Waals surface area contributed by atoms with Gasteiger partial charge in [0, 0.05) is 0 Å². The molecular weight excluding hydrogens is 616 g/mol. The van der Waals surface area contributed by atoms with Crippen molar-refractivity contribution < 1.29 is 53.5 Å². The maximum atomic E-state index is 11.9. The summed E-state index contributed by atoms with van der Waals surface area (Å²) in [5.41, 5.74) is 8.82. The number of carbonyl (C=O) groups is 4. The van der Waals surface area contributed by atoms with Crippen LogP contribution in [-0.2, 0) is 0 Å². The second-order valence-corrected chi connectivity index (χ2v) is 10.4. The quantitative estimate of drug-likeness (QED) is 0.0984. The van der Waals surface area contributed by atoms with E-state index in [0.717, 1.165) is 24.1 Å². The largest absolute Gasteiger partial charge is 0.549 e. The van der Waals surface area contributed by atoms with Crippen LogP contribution in [0.1, 0.15) is 0 Å². The van der Waals surface area contributed by atoms with Crippen LogP contribution in [0, 0.1) is 0 Å². The fourth-order valence-corrected chi connectivity index (χ4v) is 4.45. The molecule has 0 aliphatic rings. The number of hydrogen-bond acceptors (Lipinski definition) is 11. The number of hydrogen-bond donors (Lipinski definition) is 5. The Morgan fingerprint density at radius 3 is 1.43 bits per heavy atom. The number of quaternary nitrogens is 2. The first-order valence-corrected chi connectivity index (χ1v) is 13.6. The second kappa shape index (κ2) is 12.6. The van der Waals surface area contributed by atoms with Crippen molar-refractivity contribution in [3.8, 4) is 39.7 Å². The van der Waals surface area contributed by atoms with Gasteiger partial charge in [0.15, 0.2) is 11.6 Å². The summed E-state index contributed by atoms with van der Waals surface area (Å²) in [6, 6.07) is 17.7. The molecule has 0 saturated carbocycles. The van der Waals surface area contributed by atoms with Crippen molar-refractivity contribution in [1.29, 1.82) is 0 Å². The van der Waals surface area contributed by atoms with Crippen LogP contribution in [-0.4, -0.2) is 104 Å². The third-order valence-corrected chi connectivity index (χ3v) is 7.74. The van der Waals surface area contributed by atoms with Crippen molar-refractivity contribution in [2.45, 2.75) is 0 Å². The molecule has 17 heteroatoms. The van der Waals surface area contributed by atoms with Crippen LogP contribution in [0.25, 0.3) is 33.9 Å². The molecule has 4 amide bonds. The fourth-order valence-electron chi connectivity index (χ4n) is 4.45. The molecule has 4 aromatic rings. The Kier molecular flexibility index (Phi) is 8.98. The fraction of sp³-hybridized carbons (Fsp3) is 0.167. The van der Waals surface area contributed by atoms with Gasteiger partial charge in [-0.3, -0.25) is 0 Å². The van der Waals surface area contributed by atoms with Crippen LogP contribution in [0.2, 0.25) is 0 Å². The highest BCUT2D eigenvalue weighted by Gasteiger charge is 2.48. The number of nitrogens with two attached hydrogens (primary N) is 1. The van der Waals surface area contributed by atoms with Gasteiger partial charge in [-0.15, -0.1) is 0 Å². The van der Waals surface area contributed by atoms with Gasteiger partial charge in [0.2, 0.25) is 0 Å². The van der Waals surface area contributed by atoms with Gasteiger partial charge >= 0.3 is 24.4 Å². The van der Waals surface area contributed by atoms with Gasteiger partial charge in [0.1, 0.15) is 19.8 Å². The highest BCUT2D eigenvalue weighted by Crippen LogP contribution is 2.34. The number of aromatic nitrogens is 3. The maximum absolute atomic E-state index is 11.9. The van der Waals surface area contributed by atoms with E-state index in [0.29, 0.717) is 22.6 Å². The average Bonchev–Trinajstić information content (AvgIpc) is 3.06. The summed E-state index contributed by atoms with van der Waals surface area (Å²) in [7, 11) is 6.00. The van der Waals surface area contributed by atoms with Crippen molar-refractivity contribution in [2.24, 2.45) is 0 Å². The topological polar surface area (TPSA) is 230 Å². The molecule has 0 atom stereocenters. The second-order valence-electron chi connectivity index (χ2n) is 10.4. The molecule has 3 heterocycles. The minimum atomic E-state index is -1.65. The number of benzene rings is 1. The van der Waals surface area contributed by atoms with Crippen LogP contribution < -0.4 is 20.5 Å². The number of rotatable bonds is 8. The molecule has 1 aromatic carbocycles. The van der Waals surface area contributed by atoms with Gasteiger partial charge in [-0.2, -0.15) is 29.2 Å². The number of methoxy groups -OCH3 is 1. The summed E-state index contributed by atoms with van der Waals surface area (Å²) in [4.78, 5) is 61.5. The van der Waals surface area contributed by atoms with E-state index in [1.165, 1.54) is 33.3 Å². The third-order valence-electron chi connectivity index (χ3n) is 7.74. The number of ether oxygens (including phenoxy) is 1. The van der Waals surface area contributed by atoms with E-state index in [9.17, 15) is 39.6 Å². The zero-order chi connectivity index (χ0) is 34.8. The Bertz CT molecular complexity index is 1770. The first-order chi connectivity index (χ1) is 22.0. The molecule has 0 unspecified atom stereocenters. The SMILES string of the molecule is COc1ccc(-c2cc(-c3cccc(N(C)[N+](C)(C(=O)O)C(=O)O)n3)nc(-c3cccc(N(C)[N+](C)(C(=O)O)C(=O)O)n3)c2)cc1N. The Morgan fingerprint density at radius 2 is 1.06 bits per heavy atom. The molecule has 17 nitrogen and oxygen atoms in total. The molecule has 4 rings (SSSR count). The summed E-state index contributed by atoms with van der Waals surface area (Å²) in [6.45, 7) is 0. The lowest BCUT2D eigenvalue weighted by atomic mass is 10.0. The minimum Gasteiger partial charge on any atom is -0.495 e. The summed E-state index contributed by atoms with van der Waals surface area (Å²) >= 11 is 0. The molecule has 0 saturated heterocycles. The van der Waals surface area contributed by atoms with Gasteiger partial charge in [-0.1, -0.05) is 18.2 Å². The molecule has 0 aliphatic heterocycles. The Labute approximate surface area is 267 Å². The van der Waals surface area contributed by atoms with E-state index in [4.69, 9.17) is 15.5 Å². The predicted octanol–water partition coefficient (Wildman–Crippen LogP) is 4.77. The van der Waals surface area contributed by atoms with E-state index < -0.39 is 33.6 Å². The summed E-state index contributed by atoms with van der Waals surface area (Å²) < 4.78 is 2.21. The third kappa shape index (κ3) is 6.02. The molecule has 0 radical (unpaired) electrons. The zero-order valence-electron chi connectivity index (χ0n) is 25.9. The molecular formula is C30H32N8O9+2. The number of pyridine rings is 3. The van der Waals surface area contributed by atoms with Gasteiger partial charge < -0.3 is 30.9 Å². The molecule has 47 heavy (non-hydrogen) atoms. The van der Waals surface area contributed by atoms with Crippen LogP contribution in [0.15, 0.2) is 66.7 Å². The Morgan fingerprint density at radius 1 is 0.638 bits per heavy atom. The highest BCUT2D eigenvalue weighted by atomic mass is 16.5. The van der Waals surface area contributed by atoms with Crippen LogP contribution in [0.3, 0.4) is 0 Å². The minimum absolute atomic E-state index is 0.0124. The van der Waals surface area contributed by atoms with Crippen molar-refractivity contribution in [3.63, 3.8) is 0 Å². The molecule has 0 bridgehead atoms. The lowest BCUT2D eigenvalue weighted by Crippen LogP contribution is -2.62. The maximum Gasteiger partial charge on any atom is 0.549 e. The molecule has 6 N–H and O–H groups in total. The number of nitrogen functional groups attached to an aromatic ring is 1. The van der Waals surface area contributed by atoms with Gasteiger partial charge in [-0.25, -0.2) is 15.0 Å². The number of carboxylic acid groups (broad SMARTS) is 4. The van der Waals surface area contributed by atoms with E-state index in [2.05, 4.69) is 9.97 Å². The Balaban J connectivity index is 1.92. The number of imide groups is 2. The van der Waals surface area contributed by atoms with Crippen molar-refractivity contribution in [1.82, 2.24) is 15.0 Å². The molecule has 0 spiro atoms. The standard InChI is InChI=1S/C30H30N8O9/c1-35(37(3,27(39)40)28(41)42)25-10-6-8-20(33-25)22-15-18(17-12-13-24(47-5)19(31)14-17)16-23(32-22)21-9-7-11-26(34-21)36(2)38(4,29(43)44)30(45)46/h6-16H,31H2,1-5H3,(H2-2,39,40,41,42,43,44,45,46)/p+2. The smallest absolute Gasteiger partial charge is 0.495 e.